The molecule has 1 saturated carbocycles. The van der Waals surface area contributed by atoms with Crippen molar-refractivity contribution in [2.24, 2.45) is 5.92 Å². The minimum atomic E-state index is -3.67. The molecule has 2 aromatic rings. The molecule has 0 bridgehead atoms. The highest BCUT2D eigenvalue weighted by Gasteiger charge is 2.18. The number of rotatable bonds is 6. The summed E-state index contributed by atoms with van der Waals surface area (Å²) >= 11 is 0. The van der Waals surface area contributed by atoms with Crippen LogP contribution in [-0.4, -0.2) is 20.9 Å². The standard InChI is InChI=1S/C21H26N2O3S/c1-15-7-8-16(2)20(13-15)27(25,26)23-19-11-9-18(10-12-19)21(24)22-14-17-5-3-4-6-17/h7-13,17,23H,3-6,14H2,1-2H3,(H,22,24). The van der Waals surface area contributed by atoms with Crippen molar-refractivity contribution in [3.8, 4) is 0 Å². The first-order valence-electron chi connectivity index (χ1n) is 9.33. The van der Waals surface area contributed by atoms with Gasteiger partial charge in [-0.3, -0.25) is 9.52 Å². The largest absolute Gasteiger partial charge is 0.352 e. The molecule has 0 unspecified atom stereocenters. The van der Waals surface area contributed by atoms with E-state index in [1.165, 1.54) is 25.7 Å². The number of hydrogen-bond donors (Lipinski definition) is 2. The first-order chi connectivity index (χ1) is 12.8. The predicted molar refractivity (Wildman–Crippen MR) is 107 cm³/mol. The van der Waals surface area contributed by atoms with Crippen molar-refractivity contribution in [1.82, 2.24) is 5.32 Å². The minimum Gasteiger partial charge on any atom is -0.352 e. The van der Waals surface area contributed by atoms with Gasteiger partial charge in [0.15, 0.2) is 0 Å². The van der Waals surface area contributed by atoms with Crippen LogP contribution < -0.4 is 10.0 Å². The Hall–Kier alpha value is -2.34. The fraction of sp³-hybridized carbons (Fsp3) is 0.381. The van der Waals surface area contributed by atoms with Crippen molar-refractivity contribution in [3.05, 3.63) is 59.2 Å². The molecule has 6 heteroatoms. The van der Waals surface area contributed by atoms with Gasteiger partial charge in [-0.25, -0.2) is 8.42 Å². The van der Waals surface area contributed by atoms with Crippen LogP contribution in [-0.2, 0) is 10.0 Å². The summed E-state index contributed by atoms with van der Waals surface area (Å²) < 4.78 is 27.9. The van der Waals surface area contributed by atoms with Gasteiger partial charge in [-0.05, 0) is 74.1 Å². The van der Waals surface area contributed by atoms with Gasteiger partial charge in [0.05, 0.1) is 4.90 Å². The van der Waals surface area contributed by atoms with Crippen molar-refractivity contribution in [1.29, 1.82) is 0 Å². The third kappa shape index (κ3) is 4.89. The lowest BCUT2D eigenvalue weighted by molar-refractivity contribution is 0.0947. The second-order valence-electron chi connectivity index (χ2n) is 7.31. The van der Waals surface area contributed by atoms with E-state index in [2.05, 4.69) is 10.0 Å². The van der Waals surface area contributed by atoms with E-state index in [0.29, 0.717) is 29.3 Å². The number of carbonyl (C=O) groups is 1. The van der Waals surface area contributed by atoms with Gasteiger partial charge in [0, 0.05) is 17.8 Å². The molecule has 2 aromatic carbocycles. The summed E-state index contributed by atoms with van der Waals surface area (Å²) in [5.74, 6) is 0.462. The second-order valence-corrected chi connectivity index (χ2v) is 8.96. The van der Waals surface area contributed by atoms with Crippen LogP contribution in [0.25, 0.3) is 0 Å². The van der Waals surface area contributed by atoms with Crippen LogP contribution in [0.3, 0.4) is 0 Å². The number of amides is 1. The zero-order valence-corrected chi connectivity index (χ0v) is 16.6. The Labute approximate surface area is 161 Å². The molecule has 27 heavy (non-hydrogen) atoms. The van der Waals surface area contributed by atoms with E-state index < -0.39 is 10.0 Å². The lowest BCUT2D eigenvalue weighted by atomic mass is 10.1. The molecule has 0 aromatic heterocycles. The monoisotopic (exact) mass is 386 g/mol. The van der Waals surface area contributed by atoms with E-state index in [1.807, 2.05) is 13.0 Å². The molecule has 1 amide bonds. The average molecular weight is 387 g/mol. The quantitative estimate of drug-likeness (QED) is 0.787. The molecule has 144 valence electrons. The van der Waals surface area contributed by atoms with Crippen molar-refractivity contribution < 1.29 is 13.2 Å². The number of hydrogen-bond acceptors (Lipinski definition) is 3. The number of nitrogens with one attached hydrogen (secondary N) is 2. The maximum absolute atomic E-state index is 12.7. The van der Waals surface area contributed by atoms with Crippen molar-refractivity contribution in [3.63, 3.8) is 0 Å². The SMILES string of the molecule is Cc1ccc(C)c(S(=O)(=O)Nc2ccc(C(=O)NCC3CCCC3)cc2)c1. The number of carbonyl (C=O) groups excluding carboxylic acids is 1. The molecule has 5 nitrogen and oxygen atoms in total. The first-order valence-corrected chi connectivity index (χ1v) is 10.8. The first kappa shape index (κ1) is 19.4. The molecule has 0 spiro atoms. The second kappa shape index (κ2) is 8.13. The van der Waals surface area contributed by atoms with E-state index in [0.717, 1.165) is 5.56 Å². The smallest absolute Gasteiger partial charge is 0.262 e. The van der Waals surface area contributed by atoms with Gasteiger partial charge >= 0.3 is 0 Å². The van der Waals surface area contributed by atoms with Crippen LogP contribution in [0.1, 0.15) is 47.2 Å². The lowest BCUT2D eigenvalue weighted by Gasteiger charge is -2.12. The van der Waals surface area contributed by atoms with Gasteiger partial charge < -0.3 is 5.32 Å². The van der Waals surface area contributed by atoms with Gasteiger partial charge in [0.25, 0.3) is 15.9 Å². The molecule has 2 N–H and O–H groups in total. The molecule has 1 aliphatic rings. The van der Waals surface area contributed by atoms with E-state index in [-0.39, 0.29) is 10.8 Å². The van der Waals surface area contributed by atoms with Crippen molar-refractivity contribution in [2.75, 3.05) is 11.3 Å². The van der Waals surface area contributed by atoms with Crippen LogP contribution in [0.5, 0.6) is 0 Å². The van der Waals surface area contributed by atoms with Crippen LogP contribution in [0.15, 0.2) is 47.4 Å². The molecule has 3 rings (SSSR count). The third-order valence-electron chi connectivity index (χ3n) is 5.06. The normalized spacial score (nSPS) is 14.9. The van der Waals surface area contributed by atoms with E-state index in [9.17, 15) is 13.2 Å². The summed E-state index contributed by atoms with van der Waals surface area (Å²) in [7, 11) is -3.67. The maximum atomic E-state index is 12.7. The minimum absolute atomic E-state index is 0.120. The van der Waals surface area contributed by atoms with E-state index >= 15 is 0 Å². The van der Waals surface area contributed by atoms with E-state index in [1.54, 1.807) is 43.3 Å². The van der Waals surface area contributed by atoms with Crippen LogP contribution in [0, 0.1) is 19.8 Å². The zero-order valence-electron chi connectivity index (χ0n) is 15.8. The highest BCUT2D eigenvalue weighted by atomic mass is 32.2. The van der Waals surface area contributed by atoms with Crippen LogP contribution in [0.2, 0.25) is 0 Å². The third-order valence-corrected chi connectivity index (χ3v) is 6.58. The molecule has 0 heterocycles. The Balaban J connectivity index is 1.66. The Kier molecular flexibility index (Phi) is 5.85. The molecule has 0 aliphatic heterocycles. The van der Waals surface area contributed by atoms with Crippen molar-refractivity contribution in [2.45, 2.75) is 44.4 Å². The summed E-state index contributed by atoms with van der Waals surface area (Å²) in [6, 6.07) is 11.9. The number of aryl methyl sites for hydroxylation is 2. The zero-order chi connectivity index (χ0) is 19.4. The average Bonchev–Trinajstić information content (AvgIpc) is 3.15. The van der Waals surface area contributed by atoms with Crippen molar-refractivity contribution >= 4 is 21.6 Å². The Morgan fingerprint density at radius 3 is 2.37 bits per heavy atom. The molecule has 0 atom stereocenters. The molecule has 0 radical (unpaired) electrons. The summed E-state index contributed by atoms with van der Waals surface area (Å²) in [5.41, 5.74) is 2.54. The van der Waals surface area contributed by atoms with E-state index in [4.69, 9.17) is 0 Å². The topological polar surface area (TPSA) is 75.3 Å². The highest BCUT2D eigenvalue weighted by molar-refractivity contribution is 7.92. The maximum Gasteiger partial charge on any atom is 0.262 e. The van der Waals surface area contributed by atoms with Crippen LogP contribution in [0.4, 0.5) is 5.69 Å². The Morgan fingerprint density at radius 2 is 1.70 bits per heavy atom. The fourth-order valence-electron chi connectivity index (χ4n) is 3.45. The predicted octanol–water partition coefficient (Wildman–Crippen LogP) is 4.02. The molecule has 1 fully saturated rings. The Morgan fingerprint density at radius 1 is 1.04 bits per heavy atom. The molecular formula is C21H26N2O3S. The highest BCUT2D eigenvalue weighted by Crippen LogP contribution is 2.24. The Bertz CT molecular complexity index is 915. The van der Waals surface area contributed by atoms with Gasteiger partial charge in [-0.1, -0.05) is 25.0 Å². The summed E-state index contributed by atoms with van der Waals surface area (Å²) in [6.45, 7) is 4.34. The van der Waals surface area contributed by atoms with Gasteiger partial charge in [0.2, 0.25) is 0 Å². The summed E-state index contributed by atoms with van der Waals surface area (Å²) in [6.07, 6.45) is 4.85. The number of benzene rings is 2. The van der Waals surface area contributed by atoms with Gasteiger partial charge in [-0.2, -0.15) is 0 Å². The van der Waals surface area contributed by atoms with Gasteiger partial charge in [0.1, 0.15) is 0 Å². The number of sulfonamides is 1. The number of anilines is 1. The summed E-state index contributed by atoms with van der Waals surface area (Å²) in [4.78, 5) is 12.5. The molecule has 1 aliphatic carbocycles. The van der Waals surface area contributed by atoms with Gasteiger partial charge in [-0.15, -0.1) is 0 Å². The molecule has 0 saturated heterocycles. The molecular weight excluding hydrogens is 360 g/mol. The lowest BCUT2D eigenvalue weighted by Crippen LogP contribution is -2.28. The summed E-state index contributed by atoms with van der Waals surface area (Å²) in [5, 5.41) is 2.97. The fourth-order valence-corrected chi connectivity index (χ4v) is 4.84. The van der Waals surface area contributed by atoms with Crippen LogP contribution >= 0.6 is 0 Å².